The number of fused-ring (bicyclic) bond motifs is 1. The summed E-state index contributed by atoms with van der Waals surface area (Å²) in [5, 5.41) is 0.547. The van der Waals surface area contributed by atoms with Gasteiger partial charge < -0.3 is 9.32 Å². The Kier molecular flexibility index (Phi) is 5.43. The van der Waals surface area contributed by atoms with Crippen LogP contribution in [0, 0.1) is 12.7 Å². The van der Waals surface area contributed by atoms with Crippen LogP contribution in [0.4, 0.5) is 4.39 Å². The van der Waals surface area contributed by atoms with Gasteiger partial charge in [-0.05, 0) is 49.6 Å². The first-order valence-corrected chi connectivity index (χ1v) is 11.0. The highest BCUT2D eigenvalue weighted by molar-refractivity contribution is 6.30. The van der Waals surface area contributed by atoms with Crippen molar-refractivity contribution in [2.75, 3.05) is 13.1 Å². The molecule has 5 rings (SSSR count). The van der Waals surface area contributed by atoms with Crippen LogP contribution in [0.5, 0.6) is 0 Å². The monoisotopic (exact) mass is 452 g/mol. The molecule has 1 unspecified atom stereocenters. The largest absolute Gasteiger partial charge is 0.445 e. The van der Waals surface area contributed by atoms with Gasteiger partial charge in [0.1, 0.15) is 22.9 Å². The first-order chi connectivity index (χ1) is 15.5. The number of imidazole rings is 1. The molecule has 0 radical (unpaired) electrons. The lowest BCUT2D eigenvalue weighted by Crippen LogP contribution is -2.40. The third-order valence-electron chi connectivity index (χ3n) is 5.86. The van der Waals surface area contributed by atoms with E-state index in [1.807, 2.05) is 17.9 Å². The average molecular weight is 453 g/mol. The Morgan fingerprint density at radius 3 is 3.03 bits per heavy atom. The summed E-state index contributed by atoms with van der Waals surface area (Å²) in [7, 11) is 0. The van der Waals surface area contributed by atoms with Crippen LogP contribution < -0.4 is 0 Å². The van der Waals surface area contributed by atoms with Gasteiger partial charge in [-0.25, -0.2) is 14.4 Å². The van der Waals surface area contributed by atoms with E-state index in [4.69, 9.17) is 16.0 Å². The highest BCUT2D eigenvalue weighted by Crippen LogP contribution is 2.29. The van der Waals surface area contributed by atoms with Gasteiger partial charge in [0.15, 0.2) is 5.89 Å². The summed E-state index contributed by atoms with van der Waals surface area (Å²) in [6.45, 7) is 3.02. The Bertz CT molecular complexity index is 1300. The van der Waals surface area contributed by atoms with Crippen molar-refractivity contribution in [2.24, 2.45) is 0 Å². The Hall–Kier alpha value is -3.19. The van der Waals surface area contributed by atoms with Crippen LogP contribution in [-0.2, 0) is 6.42 Å². The summed E-state index contributed by atoms with van der Waals surface area (Å²) in [4.78, 5) is 24.2. The number of aryl methyl sites for hydroxylation is 1. The number of halogens is 2. The van der Waals surface area contributed by atoms with E-state index in [9.17, 15) is 9.18 Å². The average Bonchev–Trinajstić information content (AvgIpc) is 3.37. The quantitative estimate of drug-likeness (QED) is 0.435. The number of piperidine rings is 1. The van der Waals surface area contributed by atoms with Crippen LogP contribution in [-0.4, -0.2) is 38.3 Å². The van der Waals surface area contributed by atoms with Gasteiger partial charge >= 0.3 is 0 Å². The van der Waals surface area contributed by atoms with Crippen LogP contribution in [0.3, 0.4) is 0 Å². The maximum atomic E-state index is 13.5. The van der Waals surface area contributed by atoms with Crippen molar-refractivity contribution in [3.8, 4) is 0 Å². The molecule has 0 spiro atoms. The van der Waals surface area contributed by atoms with E-state index in [1.165, 1.54) is 12.1 Å². The van der Waals surface area contributed by atoms with Gasteiger partial charge in [-0.15, -0.1) is 0 Å². The molecular formula is C24H22ClFN4O2. The van der Waals surface area contributed by atoms with Crippen molar-refractivity contribution < 1.29 is 13.6 Å². The zero-order valence-corrected chi connectivity index (χ0v) is 18.3. The minimum absolute atomic E-state index is 0.0111. The zero-order valence-electron chi connectivity index (χ0n) is 17.6. The van der Waals surface area contributed by atoms with Crippen LogP contribution in [0.15, 0.2) is 53.2 Å². The number of carbonyl (C=O) groups is 1. The van der Waals surface area contributed by atoms with Gasteiger partial charge in [-0.3, -0.25) is 9.20 Å². The van der Waals surface area contributed by atoms with E-state index in [1.54, 1.807) is 35.0 Å². The number of hydrogen-bond donors (Lipinski definition) is 0. The van der Waals surface area contributed by atoms with Gasteiger partial charge in [-0.1, -0.05) is 23.7 Å². The summed E-state index contributed by atoms with van der Waals surface area (Å²) in [6.07, 6.45) is 5.63. The van der Waals surface area contributed by atoms with Crippen molar-refractivity contribution in [1.29, 1.82) is 0 Å². The van der Waals surface area contributed by atoms with Gasteiger partial charge in [0.25, 0.3) is 5.91 Å². The standard InChI is InChI=1S/C24H22ClFN4O2/c1-15-22(30-14-18(25)7-8-21(30)28-15)24(31)29-9-3-5-17(13-29)23-27-12-20(32-23)11-16-4-2-6-19(26)10-16/h2,4,6-8,10,12,14,17H,3,5,9,11,13H2,1H3. The molecule has 4 heterocycles. The van der Waals surface area contributed by atoms with Crippen molar-refractivity contribution in [2.45, 2.75) is 32.1 Å². The molecule has 0 N–H and O–H groups in total. The molecule has 1 aliphatic heterocycles. The topological polar surface area (TPSA) is 63.6 Å². The summed E-state index contributed by atoms with van der Waals surface area (Å²) < 4.78 is 21.2. The molecule has 1 aromatic carbocycles. The fraction of sp³-hybridized carbons (Fsp3) is 0.292. The van der Waals surface area contributed by atoms with E-state index in [0.717, 1.165) is 18.4 Å². The fourth-order valence-electron chi connectivity index (χ4n) is 4.35. The highest BCUT2D eigenvalue weighted by atomic mass is 35.5. The fourth-order valence-corrected chi connectivity index (χ4v) is 4.51. The summed E-state index contributed by atoms with van der Waals surface area (Å²) in [5.74, 6) is 0.964. The number of benzene rings is 1. The minimum atomic E-state index is -0.271. The van der Waals surface area contributed by atoms with Gasteiger partial charge in [0.05, 0.1) is 22.8 Å². The third kappa shape index (κ3) is 4.00. The van der Waals surface area contributed by atoms with E-state index in [0.29, 0.717) is 53.2 Å². The van der Waals surface area contributed by atoms with Crippen molar-refractivity contribution >= 4 is 23.2 Å². The Morgan fingerprint density at radius 2 is 2.19 bits per heavy atom. The molecule has 3 aromatic heterocycles. The zero-order chi connectivity index (χ0) is 22.2. The number of pyridine rings is 1. The highest BCUT2D eigenvalue weighted by Gasteiger charge is 2.30. The van der Waals surface area contributed by atoms with E-state index < -0.39 is 0 Å². The number of hydrogen-bond acceptors (Lipinski definition) is 4. The van der Waals surface area contributed by atoms with Crippen LogP contribution in [0.1, 0.15) is 52.2 Å². The number of likely N-dealkylation sites (tertiary alicyclic amines) is 1. The van der Waals surface area contributed by atoms with Gasteiger partial charge in [0.2, 0.25) is 0 Å². The predicted molar refractivity (Wildman–Crippen MR) is 119 cm³/mol. The second-order valence-electron chi connectivity index (χ2n) is 8.18. The number of amides is 1. The third-order valence-corrected chi connectivity index (χ3v) is 6.08. The molecule has 1 aliphatic rings. The maximum absolute atomic E-state index is 13.5. The van der Waals surface area contributed by atoms with Crippen molar-refractivity contribution in [3.05, 3.63) is 88.2 Å². The van der Waals surface area contributed by atoms with Crippen LogP contribution >= 0.6 is 11.6 Å². The number of rotatable bonds is 4. The summed E-state index contributed by atoms with van der Waals surface area (Å²) in [6, 6.07) is 10.0. The van der Waals surface area contributed by atoms with Crippen LogP contribution in [0.25, 0.3) is 5.65 Å². The molecule has 1 amide bonds. The molecule has 0 bridgehead atoms. The number of nitrogens with zero attached hydrogens (tertiary/aromatic N) is 4. The lowest BCUT2D eigenvalue weighted by atomic mass is 9.97. The minimum Gasteiger partial charge on any atom is -0.445 e. The Labute approximate surface area is 189 Å². The lowest BCUT2D eigenvalue weighted by Gasteiger charge is -2.31. The molecule has 8 heteroatoms. The number of oxazole rings is 1. The SMILES string of the molecule is Cc1nc2ccc(Cl)cn2c1C(=O)N1CCCC(c2ncc(Cc3cccc(F)c3)o2)C1. The summed E-state index contributed by atoms with van der Waals surface area (Å²) >= 11 is 6.15. The second-order valence-corrected chi connectivity index (χ2v) is 8.62. The molecule has 164 valence electrons. The first-order valence-electron chi connectivity index (χ1n) is 10.6. The Balaban J connectivity index is 1.34. The number of carbonyl (C=O) groups excluding carboxylic acids is 1. The molecule has 1 saturated heterocycles. The smallest absolute Gasteiger partial charge is 0.272 e. The molecule has 0 saturated carbocycles. The predicted octanol–water partition coefficient (Wildman–Crippen LogP) is 5.03. The summed E-state index contributed by atoms with van der Waals surface area (Å²) in [5.41, 5.74) is 2.73. The van der Waals surface area contributed by atoms with Crippen molar-refractivity contribution in [1.82, 2.24) is 19.3 Å². The molecule has 4 aromatic rings. The van der Waals surface area contributed by atoms with E-state index in [-0.39, 0.29) is 17.6 Å². The maximum Gasteiger partial charge on any atom is 0.272 e. The van der Waals surface area contributed by atoms with Gasteiger partial charge in [-0.2, -0.15) is 0 Å². The number of aromatic nitrogens is 3. The Morgan fingerprint density at radius 1 is 1.31 bits per heavy atom. The molecule has 6 nitrogen and oxygen atoms in total. The van der Waals surface area contributed by atoms with Crippen LogP contribution in [0.2, 0.25) is 5.02 Å². The normalized spacial score (nSPS) is 16.6. The second kappa shape index (κ2) is 8.39. The van der Waals surface area contributed by atoms with E-state index in [2.05, 4.69) is 9.97 Å². The molecule has 32 heavy (non-hydrogen) atoms. The molecule has 0 aliphatic carbocycles. The van der Waals surface area contributed by atoms with Crippen molar-refractivity contribution in [3.63, 3.8) is 0 Å². The lowest BCUT2D eigenvalue weighted by molar-refractivity contribution is 0.0690. The molecule has 1 atom stereocenters. The first kappa shape index (κ1) is 20.7. The van der Waals surface area contributed by atoms with E-state index >= 15 is 0 Å². The molecule has 1 fully saturated rings. The van der Waals surface area contributed by atoms with Gasteiger partial charge in [0, 0.05) is 25.7 Å². The molecular weight excluding hydrogens is 431 g/mol.